The first-order valence-corrected chi connectivity index (χ1v) is 19.6. The minimum Gasteiger partial charge on any atom is -0.507 e. The van der Waals surface area contributed by atoms with Gasteiger partial charge in [0.2, 0.25) is 0 Å². The number of fused-ring (bicyclic) bond motifs is 14. The van der Waals surface area contributed by atoms with Crippen LogP contribution < -0.4 is 10.1 Å². The highest BCUT2D eigenvalue weighted by Gasteiger charge is 2.50. The molecule has 16 heteroatoms. The number of piperazine rings is 1. The minimum atomic E-state index is -2.30. The number of amides is 1. The summed E-state index contributed by atoms with van der Waals surface area (Å²) in [5, 5.41) is 66.4. The molecule has 0 aliphatic carbocycles. The smallest absolute Gasteiger partial charge is 0.312 e. The number of allylic oxidation sites excluding steroid dienone is 2. The second kappa shape index (κ2) is 18.0. The highest BCUT2D eigenvalue weighted by atomic mass is 16.7. The summed E-state index contributed by atoms with van der Waals surface area (Å²) < 4.78 is 46.7. The van der Waals surface area contributed by atoms with Crippen LogP contribution in [0, 0.1) is 30.6 Å². The van der Waals surface area contributed by atoms with E-state index in [1.54, 1.807) is 44.9 Å². The molecule has 2 aromatic carbocycles. The van der Waals surface area contributed by atoms with Gasteiger partial charge in [0.15, 0.2) is 5.75 Å². The minimum absolute atomic E-state index is 0.00936. The Labute approximate surface area is 348 Å². The van der Waals surface area contributed by atoms with Crippen molar-refractivity contribution in [3.63, 3.8) is 0 Å². The van der Waals surface area contributed by atoms with Crippen molar-refractivity contribution in [1.82, 2.24) is 9.91 Å². The van der Waals surface area contributed by atoms with Crippen LogP contribution in [-0.4, -0.2) is 130 Å². The summed E-state index contributed by atoms with van der Waals surface area (Å²) in [7, 11) is 1.42. The maximum atomic E-state index is 14.5. The normalized spacial score (nSPS) is 33.0. The molecule has 0 radical (unpaired) electrons. The zero-order valence-corrected chi connectivity index (χ0v) is 34.8. The number of Topliss-reactive ketones (excluding diaryl/α,β-unsaturated/α-hetero) is 1. The number of benzene rings is 2. The van der Waals surface area contributed by atoms with Crippen molar-refractivity contribution in [3.05, 3.63) is 52.8 Å². The molecule has 1 amide bonds. The summed E-state index contributed by atoms with van der Waals surface area (Å²) in [6, 6.07) is 0. The summed E-state index contributed by atoms with van der Waals surface area (Å²) in [4.78, 5) is 41.9. The Morgan fingerprint density at radius 3 is 2.29 bits per heavy atom. The van der Waals surface area contributed by atoms with Crippen LogP contribution >= 0.6 is 0 Å². The van der Waals surface area contributed by atoms with Gasteiger partial charge in [0.1, 0.15) is 23.4 Å². The van der Waals surface area contributed by atoms with Gasteiger partial charge in [0.05, 0.1) is 53.0 Å². The van der Waals surface area contributed by atoms with Crippen molar-refractivity contribution in [2.24, 2.45) is 28.8 Å². The average Bonchev–Trinajstić information content (AvgIpc) is 3.48. The van der Waals surface area contributed by atoms with Gasteiger partial charge < -0.3 is 54.7 Å². The zero-order chi connectivity index (χ0) is 46.2. The number of phenolic OH excluding ortho intramolecular Hbond substituents is 3. The number of carbonyl (C=O) groups excluding carboxylic acids is 3. The number of aliphatic hydroxyl groups is 2. The van der Waals surface area contributed by atoms with Crippen molar-refractivity contribution < 1.29 is 63.0 Å². The Balaban J connectivity index is 1.69. The van der Waals surface area contributed by atoms with E-state index < -0.39 is 95.8 Å². The molecule has 59 heavy (non-hydrogen) atoms. The van der Waals surface area contributed by atoms with Crippen molar-refractivity contribution in [2.45, 2.75) is 85.6 Å². The summed E-state index contributed by atoms with van der Waals surface area (Å²) in [5.74, 6) is -8.92. The van der Waals surface area contributed by atoms with E-state index in [2.05, 4.69) is 10.4 Å². The molecule has 0 saturated carbocycles. The van der Waals surface area contributed by atoms with Crippen LogP contribution in [0.2, 0.25) is 0 Å². The number of ketones is 1. The SMILES string of the molecule is [2H][13C]([2H])([2H])N1CCN(/N=C/c2c3c(O)c4c(O)c(C)c5c(c4c2O)C(=O)[C@@](C)(O/C=C/[C@H](OC)[C@H](C)[C@@H](OC(C)=O)[C@H](C)[C@H](O)[C@H](C)[C@@H](O)[C@@H](C)/C=C/C=C(\C)C(=O)N3)O5)CC1. The molecule has 5 bridgehead atoms. The fourth-order valence-electron chi connectivity index (χ4n) is 7.82. The number of hydrogen-bond acceptors (Lipinski definition) is 15. The first-order chi connectivity index (χ1) is 28.9. The van der Waals surface area contributed by atoms with Gasteiger partial charge in [-0.25, -0.2) is 0 Å². The van der Waals surface area contributed by atoms with Gasteiger partial charge in [0.25, 0.3) is 11.7 Å². The molecule has 2 aromatic rings. The largest absolute Gasteiger partial charge is 0.507 e. The second-order valence-electron chi connectivity index (χ2n) is 15.8. The number of nitrogens with zero attached hydrogens (tertiary/aromatic N) is 3. The molecular formula is C43H58N4O12. The van der Waals surface area contributed by atoms with Crippen molar-refractivity contribution in [1.29, 1.82) is 0 Å². The maximum absolute atomic E-state index is 14.5. The quantitative estimate of drug-likeness (QED) is 0.0831. The van der Waals surface area contributed by atoms with E-state index in [4.69, 9.17) is 23.1 Å². The van der Waals surface area contributed by atoms with E-state index in [9.17, 15) is 39.9 Å². The van der Waals surface area contributed by atoms with Gasteiger partial charge in [-0.3, -0.25) is 19.4 Å². The molecular weight excluding hydrogens is 765 g/mol. The van der Waals surface area contributed by atoms with Gasteiger partial charge in [-0.15, -0.1) is 0 Å². The molecule has 16 nitrogen and oxygen atoms in total. The van der Waals surface area contributed by atoms with Crippen LogP contribution in [0.4, 0.5) is 5.69 Å². The number of likely N-dealkylation sites (N-methyl/N-ethyl adjacent to an activating group) is 1. The summed E-state index contributed by atoms with van der Waals surface area (Å²) in [5.41, 5.74) is -0.716. The van der Waals surface area contributed by atoms with Crippen LogP contribution in [-0.2, 0) is 23.8 Å². The molecule has 1 fully saturated rings. The lowest BCUT2D eigenvalue weighted by atomic mass is 9.78. The molecule has 0 spiro atoms. The predicted molar refractivity (Wildman–Crippen MR) is 220 cm³/mol. The lowest BCUT2D eigenvalue weighted by Gasteiger charge is -2.38. The van der Waals surface area contributed by atoms with E-state index in [0.717, 1.165) is 6.21 Å². The molecule has 6 rings (SSSR count). The summed E-state index contributed by atoms with van der Waals surface area (Å²) in [6.07, 6.45) is 4.45. The fraction of sp³-hybridized carbons (Fsp3) is 0.535. The maximum Gasteiger partial charge on any atom is 0.312 e. The Bertz CT molecular complexity index is 2180. The number of rotatable bonds is 4. The van der Waals surface area contributed by atoms with Crippen molar-refractivity contribution in [3.8, 4) is 23.0 Å². The highest BCUT2D eigenvalue weighted by Crippen LogP contribution is 2.55. The molecule has 322 valence electrons. The number of aliphatic hydroxyl groups excluding tert-OH is 2. The van der Waals surface area contributed by atoms with Crippen LogP contribution in [0.1, 0.15) is 74.1 Å². The van der Waals surface area contributed by atoms with Crippen molar-refractivity contribution >= 4 is 40.3 Å². The molecule has 1 saturated heterocycles. The Morgan fingerprint density at radius 2 is 1.66 bits per heavy atom. The predicted octanol–water partition coefficient (Wildman–Crippen LogP) is 4.34. The van der Waals surface area contributed by atoms with Gasteiger partial charge in [-0.1, -0.05) is 45.9 Å². The van der Waals surface area contributed by atoms with Gasteiger partial charge >= 0.3 is 11.8 Å². The number of hydrazone groups is 1. The monoisotopic (exact) mass is 826 g/mol. The topological polar surface area (TPSA) is 220 Å². The average molecular weight is 827 g/mol. The third-order valence-corrected chi connectivity index (χ3v) is 11.6. The van der Waals surface area contributed by atoms with Crippen molar-refractivity contribution in [2.75, 3.05) is 45.6 Å². The lowest BCUT2D eigenvalue weighted by molar-refractivity contribution is -0.160. The van der Waals surface area contributed by atoms with E-state index in [-0.39, 0.29) is 70.7 Å². The Hall–Kier alpha value is -5.16. The number of carbonyl (C=O) groups is 3. The number of hydrogen-bond donors (Lipinski definition) is 6. The molecule has 9 atom stereocenters. The zero-order valence-electron chi connectivity index (χ0n) is 37.8. The van der Waals surface area contributed by atoms with Crippen LogP contribution in [0.15, 0.2) is 41.2 Å². The Kier molecular flexibility index (Phi) is 12.4. The number of aromatic hydroxyl groups is 3. The molecule has 4 aliphatic rings. The molecule has 4 heterocycles. The second-order valence-corrected chi connectivity index (χ2v) is 15.8. The van der Waals surface area contributed by atoms with Crippen LogP contribution in [0.25, 0.3) is 10.8 Å². The standard InChI is InChI=1S/C43H58N4O12/c1-21-12-11-13-22(2)42(55)45-33-28(20-44-47-17-15-46(9)16-18-47)37(52)30-31(38(33)53)36(51)26(6)40-32(30)41(54)43(8,59-40)57-19-14-29(56-10)23(3)39(58-27(7)48)25(5)35(50)24(4)34(21)49/h11-14,19-21,23-25,29,34-35,39,49-53H,15-18H2,1-10H3,(H,45,55)/b12-11+,19-14+,22-13+,44-20+/t21-,23-,24+,25+,29-,34-,35+,39+,43-/m0/s1/i9+1D3. The number of nitrogens with one attached hydrogen (secondary N) is 1. The van der Waals surface area contributed by atoms with E-state index in [1.165, 1.54) is 58.1 Å². The van der Waals surface area contributed by atoms with Crippen LogP contribution in [0.3, 0.4) is 0 Å². The first-order valence-electron chi connectivity index (χ1n) is 21.1. The van der Waals surface area contributed by atoms with Gasteiger partial charge in [-0.05, 0) is 26.9 Å². The molecule has 4 aliphatic heterocycles. The van der Waals surface area contributed by atoms with E-state index >= 15 is 0 Å². The summed E-state index contributed by atoms with van der Waals surface area (Å²) >= 11 is 0. The summed E-state index contributed by atoms with van der Waals surface area (Å²) in [6.45, 7) is 10.7. The molecule has 0 aromatic heterocycles. The number of methoxy groups -OCH3 is 1. The number of esters is 1. The van der Waals surface area contributed by atoms with Gasteiger partial charge in [-0.2, -0.15) is 5.10 Å². The van der Waals surface area contributed by atoms with E-state index in [0.29, 0.717) is 0 Å². The number of anilines is 1. The van der Waals surface area contributed by atoms with Crippen LogP contribution in [0.5, 0.6) is 23.0 Å². The lowest BCUT2D eigenvalue weighted by Crippen LogP contribution is -2.46. The first kappa shape index (κ1) is 40.6. The molecule has 6 N–H and O–H groups in total. The number of phenols is 3. The third kappa shape index (κ3) is 8.91. The fourth-order valence-corrected chi connectivity index (χ4v) is 7.82. The van der Waals surface area contributed by atoms with Gasteiger partial charge in [0, 0.05) is 91.4 Å². The molecule has 0 unspecified atom stereocenters. The van der Waals surface area contributed by atoms with E-state index in [1.807, 2.05) is 0 Å². The Morgan fingerprint density at radius 1 is 0.983 bits per heavy atom. The third-order valence-electron chi connectivity index (χ3n) is 11.6. The highest BCUT2D eigenvalue weighted by molar-refractivity contribution is 6.23. The number of ether oxygens (including phenoxy) is 4.